The van der Waals surface area contributed by atoms with E-state index in [0.717, 1.165) is 11.3 Å². The van der Waals surface area contributed by atoms with Crippen LogP contribution in [0.4, 0.5) is 4.39 Å². The monoisotopic (exact) mass is 420 g/mol. The molecule has 1 aromatic carbocycles. The maximum Gasteiger partial charge on any atom is 0.137 e. The van der Waals surface area contributed by atoms with Crippen molar-refractivity contribution < 1.29 is 4.39 Å². The summed E-state index contributed by atoms with van der Waals surface area (Å²) in [4.78, 5) is 2.97. The van der Waals surface area contributed by atoms with Gasteiger partial charge in [-0.15, -0.1) is 11.3 Å². The van der Waals surface area contributed by atoms with E-state index in [4.69, 9.17) is 0 Å². The first kappa shape index (κ1) is 14.1. The van der Waals surface area contributed by atoms with Gasteiger partial charge in [0.15, 0.2) is 0 Å². The lowest BCUT2D eigenvalue weighted by atomic mass is 10.1. The molecule has 19 heavy (non-hydrogen) atoms. The van der Waals surface area contributed by atoms with E-state index in [1.54, 1.807) is 0 Å². The molecule has 0 aliphatic carbocycles. The lowest BCUT2D eigenvalue weighted by molar-refractivity contribution is 0.620. The Hall–Kier alpha value is 0.160. The summed E-state index contributed by atoms with van der Waals surface area (Å²) >= 11 is 10.9. The molecule has 0 nitrogen and oxygen atoms in total. The van der Waals surface area contributed by atoms with Gasteiger partial charge in [0.25, 0.3) is 0 Å². The molecule has 0 N–H and O–H groups in total. The number of fused-ring (bicyclic) bond motifs is 1. The van der Waals surface area contributed by atoms with Gasteiger partial charge in [-0.05, 0) is 57.4 Å². The Bertz CT molecular complexity index is 586. The van der Waals surface area contributed by atoms with E-state index < -0.39 is 0 Å². The SMILES string of the molecule is Fc1ccc(C(Br)c2cc3c(s2)CCSC3)cc1Br. The molecule has 5 heteroatoms. The summed E-state index contributed by atoms with van der Waals surface area (Å²) in [5, 5.41) is 0. The van der Waals surface area contributed by atoms with Gasteiger partial charge in [0.2, 0.25) is 0 Å². The molecule has 1 aliphatic rings. The largest absolute Gasteiger partial charge is 0.206 e. The fourth-order valence-corrected chi connectivity index (χ4v) is 5.61. The van der Waals surface area contributed by atoms with Gasteiger partial charge in [0.05, 0.1) is 9.30 Å². The van der Waals surface area contributed by atoms with E-state index in [2.05, 4.69) is 37.9 Å². The summed E-state index contributed by atoms with van der Waals surface area (Å²) in [6.45, 7) is 0. The van der Waals surface area contributed by atoms with Gasteiger partial charge >= 0.3 is 0 Å². The lowest BCUT2D eigenvalue weighted by Crippen LogP contribution is -1.96. The number of halogens is 3. The highest BCUT2D eigenvalue weighted by atomic mass is 79.9. The van der Waals surface area contributed by atoms with Crippen molar-refractivity contribution in [2.75, 3.05) is 5.75 Å². The van der Waals surface area contributed by atoms with E-state index in [-0.39, 0.29) is 10.6 Å². The highest BCUT2D eigenvalue weighted by Gasteiger charge is 2.19. The van der Waals surface area contributed by atoms with Gasteiger partial charge < -0.3 is 0 Å². The third kappa shape index (κ3) is 2.94. The molecular formula is C14H11Br2FS2. The van der Waals surface area contributed by atoms with E-state index in [1.165, 1.54) is 33.6 Å². The van der Waals surface area contributed by atoms with Crippen molar-refractivity contribution in [2.45, 2.75) is 17.0 Å². The molecule has 2 aromatic rings. The van der Waals surface area contributed by atoms with Crippen molar-refractivity contribution in [1.82, 2.24) is 0 Å². The summed E-state index contributed by atoms with van der Waals surface area (Å²) in [6, 6.07) is 7.50. The molecule has 1 atom stereocenters. The molecule has 0 radical (unpaired) electrons. The molecule has 0 saturated carbocycles. The fourth-order valence-electron chi connectivity index (χ4n) is 2.13. The first-order valence-electron chi connectivity index (χ1n) is 5.93. The quantitative estimate of drug-likeness (QED) is 0.542. The van der Waals surface area contributed by atoms with E-state index >= 15 is 0 Å². The zero-order valence-electron chi connectivity index (χ0n) is 9.96. The molecule has 0 amide bonds. The van der Waals surface area contributed by atoms with Crippen molar-refractivity contribution in [3.05, 3.63) is 55.4 Å². The number of hydrogen-bond acceptors (Lipinski definition) is 2. The zero-order chi connectivity index (χ0) is 13.4. The second kappa shape index (κ2) is 5.88. The maximum absolute atomic E-state index is 13.3. The predicted octanol–water partition coefficient (Wildman–Crippen LogP) is 5.92. The second-order valence-electron chi connectivity index (χ2n) is 4.44. The third-order valence-corrected chi connectivity index (χ3v) is 7.38. The normalized spacial score (nSPS) is 16.2. The standard InChI is InChI=1S/C14H11Br2FS2/c15-10-5-8(1-2-11(10)17)14(16)13-6-9-7-18-4-3-12(9)19-13/h1-2,5-6,14H,3-4,7H2. The van der Waals surface area contributed by atoms with Crippen LogP contribution in [-0.2, 0) is 12.2 Å². The minimum Gasteiger partial charge on any atom is -0.206 e. The number of aryl methyl sites for hydroxylation is 1. The van der Waals surface area contributed by atoms with Crippen molar-refractivity contribution in [2.24, 2.45) is 0 Å². The van der Waals surface area contributed by atoms with Crippen LogP contribution < -0.4 is 0 Å². The summed E-state index contributed by atoms with van der Waals surface area (Å²) in [5.41, 5.74) is 2.56. The van der Waals surface area contributed by atoms with Crippen LogP contribution in [0.3, 0.4) is 0 Å². The molecule has 0 bridgehead atoms. The number of rotatable bonds is 2. The van der Waals surface area contributed by atoms with Gasteiger partial charge in [0, 0.05) is 15.5 Å². The van der Waals surface area contributed by atoms with Crippen LogP contribution >= 0.6 is 55.0 Å². The molecule has 1 unspecified atom stereocenters. The van der Waals surface area contributed by atoms with Crippen molar-refractivity contribution in [1.29, 1.82) is 0 Å². The number of hydrogen-bond donors (Lipinski definition) is 0. The number of thiophene rings is 1. The molecule has 1 aliphatic heterocycles. The minimum absolute atomic E-state index is 0.144. The topological polar surface area (TPSA) is 0 Å². The Morgan fingerprint density at radius 3 is 2.84 bits per heavy atom. The van der Waals surface area contributed by atoms with Crippen molar-refractivity contribution in [3.8, 4) is 0 Å². The molecule has 0 spiro atoms. The number of benzene rings is 1. The Kier molecular flexibility index (Phi) is 4.37. The average Bonchev–Trinajstić information content (AvgIpc) is 2.85. The first-order valence-corrected chi connectivity index (χ1v) is 9.61. The number of thioether (sulfide) groups is 1. The predicted molar refractivity (Wildman–Crippen MR) is 89.1 cm³/mol. The first-order chi connectivity index (χ1) is 9.15. The summed E-state index contributed by atoms with van der Waals surface area (Å²) in [6.07, 6.45) is 1.18. The Morgan fingerprint density at radius 1 is 1.26 bits per heavy atom. The highest BCUT2D eigenvalue weighted by Crippen LogP contribution is 2.40. The van der Waals surface area contributed by atoms with Gasteiger partial charge in [-0.3, -0.25) is 0 Å². The van der Waals surface area contributed by atoms with Gasteiger partial charge in [0.1, 0.15) is 5.82 Å². The van der Waals surface area contributed by atoms with Crippen LogP contribution in [0.15, 0.2) is 28.7 Å². The minimum atomic E-state index is -0.217. The molecule has 2 heterocycles. The van der Waals surface area contributed by atoms with E-state index in [0.29, 0.717) is 4.47 Å². The lowest BCUT2D eigenvalue weighted by Gasteiger charge is -2.08. The fraction of sp³-hybridized carbons (Fsp3) is 0.286. The van der Waals surface area contributed by atoms with Crippen molar-refractivity contribution in [3.63, 3.8) is 0 Å². The van der Waals surface area contributed by atoms with Crippen LogP contribution in [-0.4, -0.2) is 5.75 Å². The molecule has 0 saturated heterocycles. The smallest absolute Gasteiger partial charge is 0.137 e. The van der Waals surface area contributed by atoms with E-state index in [9.17, 15) is 4.39 Å². The summed E-state index contributed by atoms with van der Waals surface area (Å²) in [7, 11) is 0. The van der Waals surface area contributed by atoms with Gasteiger partial charge in [-0.1, -0.05) is 22.0 Å². The Morgan fingerprint density at radius 2 is 2.11 bits per heavy atom. The van der Waals surface area contributed by atoms with Crippen LogP contribution in [0.2, 0.25) is 0 Å². The van der Waals surface area contributed by atoms with Gasteiger partial charge in [-0.25, -0.2) is 4.39 Å². The third-order valence-electron chi connectivity index (χ3n) is 3.13. The second-order valence-corrected chi connectivity index (χ2v) is 8.48. The van der Waals surface area contributed by atoms with Crippen LogP contribution in [0.25, 0.3) is 0 Å². The zero-order valence-corrected chi connectivity index (χ0v) is 14.8. The van der Waals surface area contributed by atoms with E-state index in [1.807, 2.05) is 35.2 Å². The maximum atomic E-state index is 13.3. The Labute approximate surface area is 137 Å². The van der Waals surface area contributed by atoms with Crippen LogP contribution in [0.1, 0.15) is 25.7 Å². The van der Waals surface area contributed by atoms with Crippen LogP contribution in [0.5, 0.6) is 0 Å². The molecular weight excluding hydrogens is 411 g/mol. The Balaban J connectivity index is 1.92. The van der Waals surface area contributed by atoms with Crippen LogP contribution in [0, 0.1) is 5.82 Å². The summed E-state index contributed by atoms with van der Waals surface area (Å²) in [5.74, 6) is 2.13. The summed E-state index contributed by atoms with van der Waals surface area (Å²) < 4.78 is 13.8. The molecule has 0 fully saturated rings. The molecule has 1 aromatic heterocycles. The molecule has 100 valence electrons. The molecule has 3 rings (SSSR count). The average molecular weight is 422 g/mol. The van der Waals surface area contributed by atoms with Crippen molar-refractivity contribution >= 4 is 55.0 Å². The number of alkyl halides is 1. The van der Waals surface area contributed by atoms with Gasteiger partial charge in [-0.2, -0.15) is 11.8 Å². The highest BCUT2D eigenvalue weighted by molar-refractivity contribution is 9.10.